The predicted octanol–water partition coefficient (Wildman–Crippen LogP) is 3.72. The van der Waals surface area contributed by atoms with E-state index in [-0.39, 0.29) is 18.2 Å². The SMILES string of the molecule is CNCCCCOc1ccccc1C(=O)c1ccccc1.Cl. The molecule has 0 atom stereocenters. The molecule has 0 unspecified atom stereocenters. The number of ketones is 1. The van der Waals surface area contributed by atoms with Crippen molar-refractivity contribution in [2.45, 2.75) is 12.8 Å². The Bertz CT molecular complexity index is 572. The zero-order valence-electron chi connectivity index (χ0n) is 12.7. The van der Waals surface area contributed by atoms with E-state index in [0.717, 1.165) is 19.4 Å². The highest BCUT2D eigenvalue weighted by Crippen LogP contribution is 2.21. The van der Waals surface area contributed by atoms with E-state index in [1.165, 1.54) is 0 Å². The Kier molecular flexibility index (Phi) is 8.26. The van der Waals surface area contributed by atoms with Crippen LogP contribution in [0.1, 0.15) is 28.8 Å². The van der Waals surface area contributed by atoms with E-state index in [9.17, 15) is 4.79 Å². The second kappa shape index (κ2) is 9.98. The van der Waals surface area contributed by atoms with Crippen molar-refractivity contribution in [3.05, 3.63) is 65.7 Å². The number of para-hydroxylation sites is 1. The molecule has 2 aromatic carbocycles. The lowest BCUT2D eigenvalue weighted by molar-refractivity contribution is 0.103. The van der Waals surface area contributed by atoms with Crippen LogP contribution in [0.25, 0.3) is 0 Å². The fourth-order valence-corrected chi connectivity index (χ4v) is 2.11. The number of hydrogen-bond acceptors (Lipinski definition) is 3. The molecule has 1 N–H and O–H groups in total. The average molecular weight is 320 g/mol. The normalized spacial score (nSPS) is 9.86. The number of unbranched alkanes of at least 4 members (excludes halogenated alkanes) is 1. The van der Waals surface area contributed by atoms with Crippen LogP contribution in [0.4, 0.5) is 0 Å². The predicted molar refractivity (Wildman–Crippen MR) is 92.2 cm³/mol. The van der Waals surface area contributed by atoms with Crippen LogP contribution in [-0.2, 0) is 0 Å². The molecule has 2 rings (SSSR count). The topological polar surface area (TPSA) is 38.3 Å². The maximum atomic E-state index is 12.5. The van der Waals surface area contributed by atoms with Crippen LogP contribution in [0.15, 0.2) is 54.6 Å². The highest BCUT2D eigenvalue weighted by molar-refractivity contribution is 6.10. The smallest absolute Gasteiger partial charge is 0.196 e. The Morgan fingerprint density at radius 2 is 1.68 bits per heavy atom. The first kappa shape index (κ1) is 18.2. The minimum atomic E-state index is 0. The van der Waals surface area contributed by atoms with E-state index >= 15 is 0 Å². The lowest BCUT2D eigenvalue weighted by Gasteiger charge is -2.10. The zero-order chi connectivity index (χ0) is 14.9. The minimum absolute atomic E-state index is 0. The van der Waals surface area contributed by atoms with Crippen LogP contribution in [0.5, 0.6) is 5.75 Å². The molecule has 2 aromatic rings. The summed E-state index contributed by atoms with van der Waals surface area (Å²) < 4.78 is 5.78. The third-order valence-electron chi connectivity index (χ3n) is 3.25. The Labute approximate surface area is 138 Å². The molecule has 0 amide bonds. The first-order valence-electron chi connectivity index (χ1n) is 7.29. The van der Waals surface area contributed by atoms with Gasteiger partial charge in [0.05, 0.1) is 12.2 Å². The second-order valence-electron chi connectivity index (χ2n) is 4.85. The first-order valence-corrected chi connectivity index (χ1v) is 7.29. The van der Waals surface area contributed by atoms with Gasteiger partial charge in [0, 0.05) is 5.56 Å². The molecule has 0 spiro atoms. The van der Waals surface area contributed by atoms with Crippen molar-refractivity contribution in [2.24, 2.45) is 0 Å². The van der Waals surface area contributed by atoms with E-state index in [1.807, 2.05) is 61.6 Å². The highest BCUT2D eigenvalue weighted by Gasteiger charge is 2.13. The summed E-state index contributed by atoms with van der Waals surface area (Å²) >= 11 is 0. The second-order valence-corrected chi connectivity index (χ2v) is 4.85. The molecule has 0 saturated heterocycles. The first-order chi connectivity index (χ1) is 10.3. The Balaban J connectivity index is 0.00000242. The number of carbonyl (C=O) groups is 1. The quantitative estimate of drug-likeness (QED) is 0.595. The molecule has 0 saturated carbocycles. The average Bonchev–Trinajstić information content (AvgIpc) is 2.55. The number of nitrogens with one attached hydrogen (secondary N) is 1. The van der Waals surface area contributed by atoms with Gasteiger partial charge in [-0.3, -0.25) is 4.79 Å². The fourth-order valence-electron chi connectivity index (χ4n) is 2.11. The van der Waals surface area contributed by atoms with Crippen LogP contribution >= 0.6 is 12.4 Å². The van der Waals surface area contributed by atoms with E-state index in [2.05, 4.69) is 5.32 Å². The number of ether oxygens (including phenoxy) is 1. The Morgan fingerprint density at radius 1 is 1.00 bits per heavy atom. The van der Waals surface area contributed by atoms with Crippen molar-refractivity contribution in [3.8, 4) is 5.75 Å². The molecular weight excluding hydrogens is 298 g/mol. The maximum absolute atomic E-state index is 12.5. The van der Waals surface area contributed by atoms with Gasteiger partial charge >= 0.3 is 0 Å². The summed E-state index contributed by atoms with van der Waals surface area (Å²) in [7, 11) is 1.94. The number of benzene rings is 2. The largest absolute Gasteiger partial charge is 0.493 e. The molecule has 0 aliphatic rings. The molecule has 0 aromatic heterocycles. The van der Waals surface area contributed by atoms with Gasteiger partial charge in [-0.25, -0.2) is 0 Å². The summed E-state index contributed by atoms with van der Waals surface area (Å²) in [6.07, 6.45) is 2.03. The Morgan fingerprint density at radius 3 is 2.41 bits per heavy atom. The van der Waals surface area contributed by atoms with Crippen molar-refractivity contribution in [1.82, 2.24) is 5.32 Å². The summed E-state index contributed by atoms with van der Waals surface area (Å²) in [5.41, 5.74) is 1.31. The number of hydrogen-bond donors (Lipinski definition) is 1. The third-order valence-corrected chi connectivity index (χ3v) is 3.25. The molecule has 0 radical (unpaired) electrons. The van der Waals surface area contributed by atoms with Crippen LogP contribution in [0.3, 0.4) is 0 Å². The van der Waals surface area contributed by atoms with Crippen molar-refractivity contribution in [2.75, 3.05) is 20.2 Å². The molecule has 0 aliphatic heterocycles. The van der Waals surface area contributed by atoms with Gasteiger partial charge in [0.25, 0.3) is 0 Å². The molecule has 0 fully saturated rings. The van der Waals surface area contributed by atoms with Crippen molar-refractivity contribution in [1.29, 1.82) is 0 Å². The van der Waals surface area contributed by atoms with Gasteiger partial charge in [-0.05, 0) is 38.6 Å². The summed E-state index contributed by atoms with van der Waals surface area (Å²) in [6, 6.07) is 16.7. The zero-order valence-corrected chi connectivity index (χ0v) is 13.6. The van der Waals surface area contributed by atoms with E-state index in [0.29, 0.717) is 23.5 Å². The van der Waals surface area contributed by atoms with Gasteiger partial charge in [-0.15, -0.1) is 12.4 Å². The molecule has 118 valence electrons. The standard InChI is InChI=1S/C18H21NO2.ClH/c1-19-13-7-8-14-21-17-12-6-5-11-16(17)18(20)15-9-3-2-4-10-15;/h2-6,9-12,19H,7-8,13-14H2,1H3;1H. The minimum Gasteiger partial charge on any atom is -0.493 e. The lowest BCUT2D eigenvalue weighted by Crippen LogP contribution is -2.10. The molecule has 0 heterocycles. The summed E-state index contributed by atoms with van der Waals surface area (Å²) in [4.78, 5) is 12.5. The fraction of sp³-hybridized carbons (Fsp3) is 0.278. The highest BCUT2D eigenvalue weighted by atomic mass is 35.5. The van der Waals surface area contributed by atoms with Gasteiger partial charge in [0.15, 0.2) is 5.78 Å². The van der Waals surface area contributed by atoms with E-state index < -0.39 is 0 Å². The van der Waals surface area contributed by atoms with Gasteiger partial charge in [-0.2, -0.15) is 0 Å². The summed E-state index contributed by atoms with van der Waals surface area (Å²) in [5, 5.41) is 3.11. The summed E-state index contributed by atoms with van der Waals surface area (Å²) in [5.74, 6) is 0.664. The van der Waals surface area contributed by atoms with Crippen LogP contribution in [0, 0.1) is 0 Å². The maximum Gasteiger partial charge on any atom is 0.196 e. The monoisotopic (exact) mass is 319 g/mol. The third kappa shape index (κ3) is 5.17. The van der Waals surface area contributed by atoms with Gasteiger partial charge < -0.3 is 10.1 Å². The van der Waals surface area contributed by atoms with Crippen molar-refractivity contribution >= 4 is 18.2 Å². The van der Waals surface area contributed by atoms with Gasteiger partial charge in [0.2, 0.25) is 0 Å². The molecular formula is C18H22ClNO2. The van der Waals surface area contributed by atoms with Gasteiger partial charge in [-0.1, -0.05) is 42.5 Å². The summed E-state index contributed by atoms with van der Waals surface area (Å²) in [6.45, 7) is 1.61. The molecule has 3 nitrogen and oxygen atoms in total. The van der Waals surface area contributed by atoms with Crippen molar-refractivity contribution in [3.63, 3.8) is 0 Å². The van der Waals surface area contributed by atoms with Crippen LogP contribution < -0.4 is 10.1 Å². The molecule has 0 bridgehead atoms. The number of carbonyl (C=O) groups excluding carboxylic acids is 1. The van der Waals surface area contributed by atoms with Crippen LogP contribution in [-0.4, -0.2) is 26.0 Å². The van der Waals surface area contributed by atoms with E-state index in [1.54, 1.807) is 0 Å². The van der Waals surface area contributed by atoms with Gasteiger partial charge in [0.1, 0.15) is 5.75 Å². The number of rotatable bonds is 8. The number of halogens is 1. The van der Waals surface area contributed by atoms with E-state index in [4.69, 9.17) is 4.74 Å². The Hall–Kier alpha value is -1.84. The lowest BCUT2D eigenvalue weighted by atomic mass is 10.0. The van der Waals surface area contributed by atoms with Crippen molar-refractivity contribution < 1.29 is 9.53 Å². The molecule has 0 aliphatic carbocycles. The molecule has 4 heteroatoms. The van der Waals surface area contributed by atoms with Crippen LogP contribution in [0.2, 0.25) is 0 Å². The molecule has 22 heavy (non-hydrogen) atoms.